The Morgan fingerprint density at radius 3 is 2.33 bits per heavy atom. The predicted octanol–water partition coefficient (Wildman–Crippen LogP) is 3.64. The maximum atomic E-state index is 5.92. The summed E-state index contributed by atoms with van der Waals surface area (Å²) in [4.78, 5) is 0. The number of nitrogen functional groups attached to an aromatic ring is 1. The van der Waals surface area contributed by atoms with E-state index in [0.29, 0.717) is 0 Å². The van der Waals surface area contributed by atoms with Gasteiger partial charge in [-0.05, 0) is 49.2 Å². The third-order valence-electron chi connectivity index (χ3n) is 3.05. The summed E-state index contributed by atoms with van der Waals surface area (Å²) in [6, 6.07) is 11.8. The Balaban J connectivity index is 2.40. The Morgan fingerprint density at radius 1 is 1.00 bits per heavy atom. The lowest BCUT2D eigenvalue weighted by Crippen LogP contribution is -1.99. The van der Waals surface area contributed by atoms with Gasteiger partial charge in [-0.3, -0.25) is 0 Å². The number of hydrogen-bond donors (Lipinski definition) is 2. The zero-order chi connectivity index (χ0) is 13.1. The number of nitrogens with two attached hydrogens (primary N) is 1. The highest BCUT2D eigenvalue weighted by Crippen LogP contribution is 2.32. The topological polar surface area (TPSA) is 47.3 Å². The average molecular weight is 242 g/mol. The normalized spacial score (nSPS) is 10.2. The third-order valence-corrected chi connectivity index (χ3v) is 3.05. The molecule has 18 heavy (non-hydrogen) atoms. The summed E-state index contributed by atoms with van der Waals surface area (Å²) >= 11 is 0. The van der Waals surface area contributed by atoms with E-state index in [9.17, 15) is 0 Å². The van der Waals surface area contributed by atoms with E-state index in [4.69, 9.17) is 10.5 Å². The van der Waals surface area contributed by atoms with Crippen LogP contribution in [-0.2, 0) is 0 Å². The van der Waals surface area contributed by atoms with Crippen LogP contribution in [0.5, 0.6) is 5.75 Å². The van der Waals surface area contributed by atoms with E-state index in [2.05, 4.69) is 25.2 Å². The van der Waals surface area contributed by atoms with E-state index in [1.165, 1.54) is 11.1 Å². The van der Waals surface area contributed by atoms with E-state index >= 15 is 0 Å². The molecular weight excluding hydrogens is 224 g/mol. The van der Waals surface area contributed by atoms with Gasteiger partial charge >= 0.3 is 0 Å². The molecule has 2 rings (SSSR count). The molecule has 3 N–H and O–H groups in total. The number of benzene rings is 2. The first-order valence-electron chi connectivity index (χ1n) is 5.88. The summed E-state index contributed by atoms with van der Waals surface area (Å²) in [6.45, 7) is 4.15. The van der Waals surface area contributed by atoms with Crippen LogP contribution in [0.1, 0.15) is 11.1 Å². The zero-order valence-electron chi connectivity index (χ0n) is 10.9. The molecule has 2 aromatic carbocycles. The van der Waals surface area contributed by atoms with E-state index in [-0.39, 0.29) is 0 Å². The fourth-order valence-electron chi connectivity index (χ4n) is 1.81. The number of hydrogen-bond acceptors (Lipinski definition) is 3. The van der Waals surface area contributed by atoms with Crippen molar-refractivity contribution in [1.29, 1.82) is 0 Å². The highest BCUT2D eigenvalue weighted by atomic mass is 16.5. The molecule has 2 aromatic rings. The smallest absolute Gasteiger partial charge is 0.142 e. The van der Waals surface area contributed by atoms with Crippen LogP contribution in [0.15, 0.2) is 36.4 Å². The van der Waals surface area contributed by atoms with Crippen molar-refractivity contribution in [3.05, 3.63) is 47.5 Å². The quantitative estimate of drug-likeness (QED) is 0.808. The van der Waals surface area contributed by atoms with Gasteiger partial charge in [-0.1, -0.05) is 12.1 Å². The molecule has 0 saturated carbocycles. The van der Waals surface area contributed by atoms with Crippen molar-refractivity contribution in [2.75, 3.05) is 18.2 Å². The standard InChI is InChI=1S/C15H18N2O/c1-10-8-14(15(18-3)9-11(10)2)17-13-7-5-4-6-12(13)16/h4-9,17H,16H2,1-3H3. The van der Waals surface area contributed by atoms with E-state index in [0.717, 1.165) is 22.8 Å². The Kier molecular flexibility index (Phi) is 3.42. The SMILES string of the molecule is COc1cc(C)c(C)cc1Nc1ccccc1N. The van der Waals surface area contributed by atoms with Crippen molar-refractivity contribution in [3.8, 4) is 5.75 Å². The molecule has 0 heterocycles. The number of aryl methyl sites for hydroxylation is 2. The number of anilines is 3. The first-order chi connectivity index (χ1) is 8.61. The van der Waals surface area contributed by atoms with Gasteiger partial charge in [0.1, 0.15) is 5.75 Å². The second-order valence-corrected chi connectivity index (χ2v) is 4.35. The molecule has 0 unspecified atom stereocenters. The van der Waals surface area contributed by atoms with Gasteiger partial charge in [0.15, 0.2) is 0 Å². The Bertz CT molecular complexity index is 564. The van der Waals surface area contributed by atoms with Gasteiger partial charge in [0.05, 0.1) is 24.2 Å². The second kappa shape index (κ2) is 5.00. The lowest BCUT2D eigenvalue weighted by Gasteiger charge is -2.15. The van der Waals surface area contributed by atoms with Crippen molar-refractivity contribution >= 4 is 17.1 Å². The van der Waals surface area contributed by atoms with E-state index < -0.39 is 0 Å². The number of methoxy groups -OCH3 is 1. The molecule has 0 saturated heterocycles. The van der Waals surface area contributed by atoms with Crippen LogP contribution >= 0.6 is 0 Å². The lowest BCUT2D eigenvalue weighted by atomic mass is 10.1. The maximum absolute atomic E-state index is 5.92. The van der Waals surface area contributed by atoms with Crippen LogP contribution in [0.3, 0.4) is 0 Å². The van der Waals surface area contributed by atoms with Crippen molar-refractivity contribution in [1.82, 2.24) is 0 Å². The summed E-state index contributed by atoms with van der Waals surface area (Å²) < 4.78 is 5.39. The summed E-state index contributed by atoms with van der Waals surface area (Å²) in [7, 11) is 1.67. The second-order valence-electron chi connectivity index (χ2n) is 4.35. The maximum Gasteiger partial charge on any atom is 0.142 e. The Labute approximate surface area is 108 Å². The number of ether oxygens (including phenoxy) is 1. The third kappa shape index (κ3) is 2.40. The van der Waals surface area contributed by atoms with Crippen LogP contribution in [0.4, 0.5) is 17.1 Å². The molecule has 0 aliphatic rings. The van der Waals surface area contributed by atoms with Crippen molar-refractivity contribution in [2.24, 2.45) is 0 Å². The zero-order valence-corrected chi connectivity index (χ0v) is 10.9. The average Bonchev–Trinajstić information content (AvgIpc) is 2.36. The summed E-state index contributed by atoms with van der Waals surface area (Å²) in [5, 5.41) is 3.31. The Morgan fingerprint density at radius 2 is 1.67 bits per heavy atom. The summed E-state index contributed by atoms with van der Waals surface area (Å²) in [5.74, 6) is 0.821. The van der Waals surface area contributed by atoms with Gasteiger partial charge < -0.3 is 15.8 Å². The molecule has 0 bridgehead atoms. The minimum Gasteiger partial charge on any atom is -0.495 e. The molecule has 0 radical (unpaired) electrons. The number of rotatable bonds is 3. The highest BCUT2D eigenvalue weighted by molar-refractivity contribution is 5.75. The lowest BCUT2D eigenvalue weighted by molar-refractivity contribution is 0.416. The van der Waals surface area contributed by atoms with Gasteiger partial charge in [0, 0.05) is 0 Å². The summed E-state index contributed by atoms with van der Waals surface area (Å²) in [6.07, 6.45) is 0. The molecule has 0 amide bonds. The first kappa shape index (κ1) is 12.3. The van der Waals surface area contributed by atoms with Gasteiger partial charge in [0.25, 0.3) is 0 Å². The monoisotopic (exact) mass is 242 g/mol. The molecule has 0 atom stereocenters. The minimum atomic E-state index is 0.720. The van der Waals surface area contributed by atoms with Crippen LogP contribution in [-0.4, -0.2) is 7.11 Å². The van der Waals surface area contributed by atoms with E-state index in [1.54, 1.807) is 7.11 Å². The van der Waals surface area contributed by atoms with Crippen molar-refractivity contribution in [3.63, 3.8) is 0 Å². The summed E-state index contributed by atoms with van der Waals surface area (Å²) in [5.41, 5.74) is 10.9. The van der Waals surface area contributed by atoms with Crippen LogP contribution in [0.2, 0.25) is 0 Å². The van der Waals surface area contributed by atoms with Crippen molar-refractivity contribution < 1.29 is 4.74 Å². The predicted molar refractivity (Wildman–Crippen MR) is 76.6 cm³/mol. The molecule has 3 heteroatoms. The largest absolute Gasteiger partial charge is 0.495 e. The number of nitrogens with one attached hydrogen (secondary N) is 1. The fourth-order valence-corrected chi connectivity index (χ4v) is 1.81. The molecular formula is C15H18N2O. The molecule has 94 valence electrons. The van der Waals surface area contributed by atoms with Gasteiger partial charge in [0.2, 0.25) is 0 Å². The molecule has 0 aliphatic heterocycles. The van der Waals surface area contributed by atoms with Crippen LogP contribution < -0.4 is 15.8 Å². The molecule has 3 nitrogen and oxygen atoms in total. The van der Waals surface area contributed by atoms with Crippen LogP contribution in [0.25, 0.3) is 0 Å². The molecule has 0 aromatic heterocycles. The molecule has 0 spiro atoms. The van der Waals surface area contributed by atoms with Gasteiger partial charge in [-0.25, -0.2) is 0 Å². The van der Waals surface area contributed by atoms with Gasteiger partial charge in [-0.2, -0.15) is 0 Å². The molecule has 0 fully saturated rings. The molecule has 0 aliphatic carbocycles. The van der Waals surface area contributed by atoms with Crippen molar-refractivity contribution in [2.45, 2.75) is 13.8 Å². The highest BCUT2D eigenvalue weighted by Gasteiger charge is 2.07. The number of para-hydroxylation sites is 2. The first-order valence-corrected chi connectivity index (χ1v) is 5.88. The Hall–Kier alpha value is -2.16. The van der Waals surface area contributed by atoms with Gasteiger partial charge in [-0.15, -0.1) is 0 Å². The van der Waals surface area contributed by atoms with E-state index in [1.807, 2.05) is 30.3 Å². The fraction of sp³-hybridized carbons (Fsp3) is 0.200. The minimum absolute atomic E-state index is 0.720. The van der Waals surface area contributed by atoms with Crippen LogP contribution in [0, 0.1) is 13.8 Å².